The number of benzene rings is 8. The summed E-state index contributed by atoms with van der Waals surface area (Å²) in [5, 5.41) is 4.48. The maximum atomic E-state index is 6.50. The first-order valence-corrected chi connectivity index (χ1v) is 18.8. The molecule has 0 aliphatic rings. The molecule has 0 saturated heterocycles. The molecule has 0 spiro atoms. The first-order valence-electron chi connectivity index (χ1n) is 18.8. The van der Waals surface area contributed by atoms with Crippen molar-refractivity contribution in [3.8, 4) is 62.1 Å². The third-order valence-corrected chi connectivity index (χ3v) is 10.7. The number of aromatic nitrogens is 4. The molecule has 11 rings (SSSR count). The summed E-state index contributed by atoms with van der Waals surface area (Å²) in [6.07, 6.45) is 0. The largest absolute Gasteiger partial charge is 0.456 e. The lowest BCUT2D eigenvalue weighted by atomic mass is 9.97. The molecular formula is C51H32N4O. The molecule has 5 nitrogen and oxygen atoms in total. The highest BCUT2D eigenvalue weighted by molar-refractivity contribution is 6.15. The second-order valence-corrected chi connectivity index (χ2v) is 14.0. The van der Waals surface area contributed by atoms with Crippen LogP contribution in [0, 0.1) is 0 Å². The quantitative estimate of drug-likeness (QED) is 0.172. The summed E-state index contributed by atoms with van der Waals surface area (Å²) >= 11 is 0. The molecule has 0 fully saturated rings. The van der Waals surface area contributed by atoms with E-state index in [1.54, 1.807) is 0 Å². The molecule has 0 aliphatic carbocycles. The van der Waals surface area contributed by atoms with Crippen LogP contribution in [0.4, 0.5) is 0 Å². The van der Waals surface area contributed by atoms with E-state index in [-0.39, 0.29) is 0 Å². The Kier molecular flexibility index (Phi) is 7.42. The van der Waals surface area contributed by atoms with Crippen LogP contribution in [-0.4, -0.2) is 19.5 Å². The fourth-order valence-corrected chi connectivity index (χ4v) is 8.00. The SMILES string of the molecule is c1ccc(-c2ccc(-n3c4ccccc4c4cc(-c5cccc6oc7ccc(-c8nc(-c9ccccc9)nc(-c9ccccc9)n8)cc7c56)ccc43)cc2)cc1. The highest BCUT2D eigenvalue weighted by Crippen LogP contribution is 2.41. The van der Waals surface area contributed by atoms with Gasteiger partial charge in [-0.1, -0.05) is 140 Å². The van der Waals surface area contributed by atoms with Crippen molar-refractivity contribution < 1.29 is 4.42 Å². The van der Waals surface area contributed by atoms with E-state index >= 15 is 0 Å². The van der Waals surface area contributed by atoms with Gasteiger partial charge in [0, 0.05) is 43.9 Å². The first kappa shape index (κ1) is 31.9. The van der Waals surface area contributed by atoms with Gasteiger partial charge in [-0.05, 0) is 76.9 Å². The average molecular weight is 717 g/mol. The molecule has 0 atom stereocenters. The summed E-state index contributed by atoms with van der Waals surface area (Å²) in [6.45, 7) is 0. The first-order chi connectivity index (χ1) is 27.7. The van der Waals surface area contributed by atoms with E-state index in [1.807, 2.05) is 78.9 Å². The van der Waals surface area contributed by atoms with Crippen LogP contribution in [-0.2, 0) is 0 Å². The van der Waals surface area contributed by atoms with Crippen molar-refractivity contribution >= 4 is 43.7 Å². The van der Waals surface area contributed by atoms with Crippen LogP contribution < -0.4 is 0 Å². The van der Waals surface area contributed by atoms with Gasteiger partial charge in [0.2, 0.25) is 0 Å². The molecule has 5 heteroatoms. The Balaban J connectivity index is 1.06. The molecule has 0 radical (unpaired) electrons. The van der Waals surface area contributed by atoms with Crippen LogP contribution in [0.25, 0.3) is 106 Å². The van der Waals surface area contributed by atoms with Gasteiger partial charge in [-0.3, -0.25) is 0 Å². The topological polar surface area (TPSA) is 56.7 Å². The van der Waals surface area contributed by atoms with E-state index in [0.29, 0.717) is 17.5 Å². The van der Waals surface area contributed by atoms with Gasteiger partial charge >= 0.3 is 0 Å². The Bertz CT molecular complexity index is 3160. The third kappa shape index (κ3) is 5.37. The lowest BCUT2D eigenvalue weighted by Crippen LogP contribution is -2.00. The second kappa shape index (κ2) is 13.0. The van der Waals surface area contributed by atoms with Crippen LogP contribution in [0.2, 0.25) is 0 Å². The summed E-state index contributed by atoms with van der Waals surface area (Å²) in [7, 11) is 0. The van der Waals surface area contributed by atoms with Crippen molar-refractivity contribution in [2.45, 2.75) is 0 Å². The minimum Gasteiger partial charge on any atom is -0.456 e. The van der Waals surface area contributed by atoms with Crippen LogP contribution in [0.15, 0.2) is 199 Å². The molecule has 0 amide bonds. The lowest BCUT2D eigenvalue weighted by Gasteiger charge is -2.10. The summed E-state index contributed by atoms with van der Waals surface area (Å²) in [5.74, 6) is 1.87. The molecule has 0 unspecified atom stereocenters. The summed E-state index contributed by atoms with van der Waals surface area (Å²) in [4.78, 5) is 14.9. The second-order valence-electron chi connectivity index (χ2n) is 14.0. The van der Waals surface area contributed by atoms with E-state index in [1.165, 1.54) is 27.4 Å². The van der Waals surface area contributed by atoms with Crippen molar-refractivity contribution in [1.82, 2.24) is 19.5 Å². The van der Waals surface area contributed by atoms with Gasteiger partial charge in [0.15, 0.2) is 17.5 Å². The van der Waals surface area contributed by atoms with Crippen molar-refractivity contribution in [2.24, 2.45) is 0 Å². The molecule has 0 bridgehead atoms. The monoisotopic (exact) mass is 716 g/mol. The fourth-order valence-electron chi connectivity index (χ4n) is 8.00. The van der Waals surface area contributed by atoms with Gasteiger partial charge in [0.1, 0.15) is 11.2 Å². The smallest absolute Gasteiger partial charge is 0.164 e. The van der Waals surface area contributed by atoms with Crippen LogP contribution in [0.5, 0.6) is 0 Å². The van der Waals surface area contributed by atoms with E-state index in [0.717, 1.165) is 61.0 Å². The standard InChI is InChI=1S/C51H32N4O/c1-4-13-33(14-5-1)34-23-27-39(28-24-34)55-44-21-11-10-19-41(44)42-31-37(25-29-45(42)55)40-20-12-22-47-48(40)43-32-38(26-30-46(43)56-47)51-53-49(35-15-6-2-7-16-35)52-50(54-51)36-17-8-3-9-18-36/h1-32H. The Morgan fingerprint density at radius 2 is 0.875 bits per heavy atom. The highest BCUT2D eigenvalue weighted by Gasteiger charge is 2.19. The fraction of sp³-hybridized carbons (Fsp3) is 0. The summed E-state index contributed by atoms with van der Waals surface area (Å²) in [6, 6.07) is 67.5. The minimum atomic E-state index is 0.609. The minimum absolute atomic E-state index is 0.609. The maximum Gasteiger partial charge on any atom is 0.164 e. The van der Waals surface area contributed by atoms with E-state index in [2.05, 4.69) is 120 Å². The van der Waals surface area contributed by atoms with Gasteiger partial charge in [-0.2, -0.15) is 0 Å². The van der Waals surface area contributed by atoms with E-state index in [4.69, 9.17) is 19.4 Å². The zero-order valence-corrected chi connectivity index (χ0v) is 30.2. The van der Waals surface area contributed by atoms with Crippen molar-refractivity contribution in [3.63, 3.8) is 0 Å². The number of furan rings is 1. The number of hydrogen-bond acceptors (Lipinski definition) is 4. The number of rotatable bonds is 6. The average Bonchev–Trinajstić information content (AvgIpc) is 3.82. The number of para-hydroxylation sites is 1. The molecule has 0 N–H and O–H groups in total. The predicted molar refractivity (Wildman–Crippen MR) is 229 cm³/mol. The molecule has 11 aromatic rings. The summed E-state index contributed by atoms with van der Waals surface area (Å²) in [5.41, 5.74) is 12.5. The van der Waals surface area contributed by atoms with E-state index in [9.17, 15) is 0 Å². The Morgan fingerprint density at radius 3 is 1.57 bits per heavy atom. The van der Waals surface area contributed by atoms with E-state index < -0.39 is 0 Å². The number of nitrogens with zero attached hydrogens (tertiary/aromatic N) is 4. The molecule has 0 saturated carbocycles. The molecule has 0 aliphatic heterocycles. The van der Waals surface area contributed by atoms with Crippen molar-refractivity contribution in [2.75, 3.05) is 0 Å². The highest BCUT2D eigenvalue weighted by atomic mass is 16.3. The van der Waals surface area contributed by atoms with Crippen LogP contribution >= 0.6 is 0 Å². The molecule has 262 valence electrons. The molecule has 56 heavy (non-hydrogen) atoms. The lowest BCUT2D eigenvalue weighted by molar-refractivity contribution is 0.669. The Hall–Kier alpha value is -7.63. The zero-order valence-electron chi connectivity index (χ0n) is 30.2. The van der Waals surface area contributed by atoms with Gasteiger partial charge in [-0.15, -0.1) is 0 Å². The number of hydrogen-bond donors (Lipinski definition) is 0. The van der Waals surface area contributed by atoms with Gasteiger partial charge in [-0.25, -0.2) is 15.0 Å². The van der Waals surface area contributed by atoms with Gasteiger partial charge < -0.3 is 8.98 Å². The zero-order chi connectivity index (χ0) is 37.0. The number of fused-ring (bicyclic) bond motifs is 6. The maximum absolute atomic E-state index is 6.50. The normalized spacial score (nSPS) is 11.6. The molecular weight excluding hydrogens is 685 g/mol. The Labute approximate surface area is 322 Å². The summed E-state index contributed by atoms with van der Waals surface area (Å²) < 4.78 is 8.86. The van der Waals surface area contributed by atoms with Gasteiger partial charge in [0.25, 0.3) is 0 Å². The van der Waals surface area contributed by atoms with Crippen LogP contribution in [0.3, 0.4) is 0 Å². The van der Waals surface area contributed by atoms with Crippen LogP contribution in [0.1, 0.15) is 0 Å². The van der Waals surface area contributed by atoms with Crippen molar-refractivity contribution in [1.29, 1.82) is 0 Å². The third-order valence-electron chi connectivity index (χ3n) is 10.7. The Morgan fingerprint density at radius 1 is 0.339 bits per heavy atom. The molecule has 3 aromatic heterocycles. The van der Waals surface area contributed by atoms with Crippen molar-refractivity contribution in [3.05, 3.63) is 194 Å². The molecule has 8 aromatic carbocycles. The molecule has 3 heterocycles. The van der Waals surface area contributed by atoms with Gasteiger partial charge in [0.05, 0.1) is 11.0 Å². The predicted octanol–water partition coefficient (Wildman–Crippen LogP) is 13.2.